The van der Waals surface area contributed by atoms with E-state index in [4.69, 9.17) is 5.73 Å². The zero-order valence-corrected chi connectivity index (χ0v) is 15.5. The second kappa shape index (κ2) is 7.44. The topological polar surface area (TPSA) is 102 Å². The fourth-order valence-corrected chi connectivity index (χ4v) is 3.86. The van der Waals surface area contributed by atoms with E-state index in [0.717, 1.165) is 11.1 Å². The van der Waals surface area contributed by atoms with Gasteiger partial charge in [-0.3, -0.25) is 19.1 Å². The first kappa shape index (κ1) is 20.2. The number of primary amides is 1. The van der Waals surface area contributed by atoms with Crippen LogP contribution in [0, 0.1) is 0 Å². The quantitative estimate of drug-likeness (QED) is 0.788. The van der Waals surface area contributed by atoms with Crippen molar-refractivity contribution in [3.8, 4) is 0 Å². The molecule has 1 aromatic heterocycles. The molecule has 8 nitrogen and oxygen atoms in total. The normalized spacial score (nSPS) is 20.1. The van der Waals surface area contributed by atoms with Crippen molar-refractivity contribution in [1.82, 2.24) is 19.6 Å². The van der Waals surface area contributed by atoms with Crippen LogP contribution in [0.1, 0.15) is 36.7 Å². The monoisotopic (exact) mass is 401 g/mol. The molecule has 1 aliphatic heterocycles. The third-order valence-electron chi connectivity index (χ3n) is 5.28. The Kier molecular flexibility index (Phi) is 5.35. The number of hydrogen-bond donors (Lipinski definition) is 1. The molecular weight excluding hydrogens is 379 g/mol. The third kappa shape index (κ3) is 3.83. The lowest BCUT2D eigenvalue weighted by atomic mass is 9.95. The number of piperazine rings is 1. The number of rotatable bonds is 3. The van der Waals surface area contributed by atoms with Crippen molar-refractivity contribution >= 4 is 17.7 Å². The van der Waals surface area contributed by atoms with Crippen LogP contribution < -0.4 is 5.73 Å². The van der Waals surface area contributed by atoms with Gasteiger partial charge in [-0.1, -0.05) is 0 Å². The summed E-state index contributed by atoms with van der Waals surface area (Å²) in [4.78, 5) is 38.7. The molecule has 2 N–H and O–H groups in total. The first-order valence-electron chi connectivity index (χ1n) is 9.09. The van der Waals surface area contributed by atoms with Crippen LogP contribution in [0.2, 0.25) is 0 Å². The van der Waals surface area contributed by atoms with Crippen molar-refractivity contribution < 1.29 is 27.6 Å². The van der Waals surface area contributed by atoms with Crippen LogP contribution in [0.5, 0.6) is 0 Å². The summed E-state index contributed by atoms with van der Waals surface area (Å²) in [6.07, 6.45) is -2.51. The van der Waals surface area contributed by atoms with Gasteiger partial charge in [-0.2, -0.15) is 18.3 Å². The molecule has 154 valence electrons. The van der Waals surface area contributed by atoms with Gasteiger partial charge in [-0.25, -0.2) is 0 Å². The number of alkyl halides is 3. The van der Waals surface area contributed by atoms with Gasteiger partial charge in [-0.15, -0.1) is 0 Å². The Balaban J connectivity index is 1.84. The highest BCUT2D eigenvalue weighted by Gasteiger charge is 2.40. The molecule has 0 bridgehead atoms. The predicted octanol–water partition coefficient (Wildman–Crippen LogP) is 0.325. The van der Waals surface area contributed by atoms with E-state index in [0.29, 0.717) is 18.5 Å². The van der Waals surface area contributed by atoms with E-state index in [9.17, 15) is 27.6 Å². The minimum absolute atomic E-state index is 0.0264. The molecular formula is C17H22F3N5O3. The second-order valence-electron chi connectivity index (χ2n) is 7.11. The van der Waals surface area contributed by atoms with Crippen LogP contribution in [0.25, 0.3) is 0 Å². The lowest BCUT2D eigenvalue weighted by Crippen LogP contribution is -2.61. The maximum Gasteiger partial charge on any atom is 0.435 e. The third-order valence-corrected chi connectivity index (χ3v) is 5.28. The lowest BCUT2D eigenvalue weighted by molar-refractivity contribution is -0.147. The summed E-state index contributed by atoms with van der Waals surface area (Å²) in [6.45, 7) is 1.24. The first-order chi connectivity index (χ1) is 13.1. The van der Waals surface area contributed by atoms with Crippen LogP contribution in [0.3, 0.4) is 0 Å². The van der Waals surface area contributed by atoms with E-state index in [1.807, 2.05) is 0 Å². The molecule has 3 rings (SSSR count). The summed E-state index contributed by atoms with van der Waals surface area (Å²) >= 11 is 0. The maximum absolute atomic E-state index is 13.3. The molecule has 1 aromatic rings. The molecule has 11 heteroatoms. The van der Waals surface area contributed by atoms with Crippen LogP contribution in [0.15, 0.2) is 0 Å². The summed E-state index contributed by atoms with van der Waals surface area (Å²) in [7, 11) is 0. The molecule has 0 radical (unpaired) electrons. The van der Waals surface area contributed by atoms with E-state index >= 15 is 0 Å². The molecule has 0 saturated carbocycles. The average molecular weight is 401 g/mol. The van der Waals surface area contributed by atoms with E-state index in [1.165, 1.54) is 16.7 Å². The molecule has 1 atom stereocenters. The Morgan fingerprint density at radius 2 is 1.86 bits per heavy atom. The number of hydrogen-bond acceptors (Lipinski definition) is 4. The van der Waals surface area contributed by atoms with E-state index in [2.05, 4.69) is 5.10 Å². The molecule has 1 saturated heterocycles. The van der Waals surface area contributed by atoms with Gasteiger partial charge >= 0.3 is 6.18 Å². The largest absolute Gasteiger partial charge is 0.435 e. The number of nitrogens with zero attached hydrogens (tertiary/aromatic N) is 4. The van der Waals surface area contributed by atoms with E-state index < -0.39 is 36.3 Å². The standard InChI is InChI=1S/C17H22F3N5O3/c1-10(26)23-6-7-24(13(8-23)16(21)28)14(27)9-25-12-5-3-2-4-11(12)15(22-25)17(18,19)20/h13H,2-9H2,1H3,(H2,21,28). The average Bonchev–Trinajstić information content (AvgIpc) is 3.00. The van der Waals surface area contributed by atoms with Crippen molar-refractivity contribution in [2.45, 2.75) is 51.4 Å². The summed E-state index contributed by atoms with van der Waals surface area (Å²) in [5, 5.41) is 3.67. The van der Waals surface area contributed by atoms with Crippen LogP contribution in [-0.2, 0) is 39.9 Å². The molecule has 3 amide bonds. The Labute approximate surface area is 159 Å². The van der Waals surface area contributed by atoms with Crippen molar-refractivity contribution in [3.63, 3.8) is 0 Å². The van der Waals surface area contributed by atoms with Crippen molar-refractivity contribution in [3.05, 3.63) is 17.0 Å². The Bertz CT molecular complexity index is 805. The van der Waals surface area contributed by atoms with Gasteiger partial charge in [0, 0.05) is 31.3 Å². The van der Waals surface area contributed by atoms with E-state index in [1.54, 1.807) is 0 Å². The smallest absolute Gasteiger partial charge is 0.368 e. The van der Waals surface area contributed by atoms with Gasteiger partial charge in [0.1, 0.15) is 12.6 Å². The lowest BCUT2D eigenvalue weighted by Gasteiger charge is -2.39. The Morgan fingerprint density at radius 1 is 1.18 bits per heavy atom. The van der Waals surface area contributed by atoms with Gasteiger partial charge in [0.15, 0.2) is 5.69 Å². The first-order valence-corrected chi connectivity index (χ1v) is 9.09. The van der Waals surface area contributed by atoms with Gasteiger partial charge < -0.3 is 15.5 Å². The second-order valence-corrected chi connectivity index (χ2v) is 7.11. The molecule has 2 heterocycles. The predicted molar refractivity (Wildman–Crippen MR) is 90.8 cm³/mol. The highest BCUT2D eigenvalue weighted by molar-refractivity contribution is 5.88. The number of halogens is 3. The van der Waals surface area contributed by atoms with Crippen LogP contribution >= 0.6 is 0 Å². The van der Waals surface area contributed by atoms with Crippen molar-refractivity contribution in [1.29, 1.82) is 0 Å². The zero-order valence-electron chi connectivity index (χ0n) is 15.5. The Morgan fingerprint density at radius 3 is 2.46 bits per heavy atom. The molecule has 1 fully saturated rings. The van der Waals surface area contributed by atoms with Crippen molar-refractivity contribution in [2.24, 2.45) is 5.73 Å². The minimum atomic E-state index is -4.58. The summed E-state index contributed by atoms with van der Waals surface area (Å²) < 4.78 is 41.0. The number of fused-ring (bicyclic) bond motifs is 1. The fourth-order valence-electron chi connectivity index (χ4n) is 3.86. The maximum atomic E-state index is 13.3. The summed E-state index contributed by atoms with van der Waals surface area (Å²) in [6, 6.07) is -1.02. The summed E-state index contributed by atoms with van der Waals surface area (Å²) in [5.41, 5.74) is 5.01. The number of carbonyl (C=O) groups is 3. The van der Waals surface area contributed by atoms with E-state index in [-0.39, 0.29) is 37.5 Å². The SMILES string of the molecule is CC(=O)N1CCN(C(=O)Cn2nc(C(F)(F)F)c3c2CCCC3)C(C(N)=O)C1. The summed E-state index contributed by atoms with van der Waals surface area (Å²) in [5.74, 6) is -1.55. The van der Waals surface area contributed by atoms with Gasteiger partial charge in [0.05, 0.1) is 6.54 Å². The Hall–Kier alpha value is -2.59. The molecule has 1 unspecified atom stereocenters. The fraction of sp³-hybridized carbons (Fsp3) is 0.647. The van der Waals surface area contributed by atoms with Gasteiger partial charge in [0.25, 0.3) is 0 Å². The van der Waals surface area contributed by atoms with Crippen LogP contribution in [0.4, 0.5) is 13.2 Å². The number of nitrogens with two attached hydrogens (primary N) is 1. The molecule has 1 aliphatic carbocycles. The molecule has 28 heavy (non-hydrogen) atoms. The molecule has 0 aromatic carbocycles. The zero-order chi connectivity index (χ0) is 20.6. The number of aromatic nitrogens is 2. The highest BCUT2D eigenvalue weighted by atomic mass is 19.4. The molecule has 0 spiro atoms. The minimum Gasteiger partial charge on any atom is -0.368 e. The molecule has 2 aliphatic rings. The number of amides is 3. The van der Waals surface area contributed by atoms with Gasteiger partial charge in [0.2, 0.25) is 17.7 Å². The van der Waals surface area contributed by atoms with Gasteiger partial charge in [-0.05, 0) is 25.7 Å². The number of carbonyl (C=O) groups excluding carboxylic acids is 3. The highest BCUT2D eigenvalue weighted by Crippen LogP contribution is 2.35. The van der Waals surface area contributed by atoms with Crippen molar-refractivity contribution in [2.75, 3.05) is 19.6 Å². The van der Waals surface area contributed by atoms with Crippen LogP contribution in [-0.4, -0.2) is 63.0 Å².